The molecule has 1 amide bonds. The molecular weight excluding hydrogens is 292 g/mol. The van der Waals surface area contributed by atoms with E-state index in [9.17, 15) is 22.4 Å². The Bertz CT molecular complexity index is 648. The van der Waals surface area contributed by atoms with Crippen LogP contribution in [0.5, 0.6) is 0 Å². The Morgan fingerprint density at radius 3 is 2.43 bits per heavy atom. The van der Waals surface area contributed by atoms with Crippen LogP contribution in [0.25, 0.3) is 5.69 Å². The maximum atomic E-state index is 13.2. The summed E-state index contributed by atoms with van der Waals surface area (Å²) in [6.07, 6.45) is -4.84. The maximum absolute atomic E-state index is 13.2. The van der Waals surface area contributed by atoms with E-state index in [2.05, 4.69) is 15.6 Å². The van der Waals surface area contributed by atoms with Crippen LogP contribution in [0.2, 0.25) is 0 Å². The minimum Gasteiger partial charge on any atom is -0.351 e. The average Bonchev–Trinajstić information content (AvgIpc) is 2.84. The molecular formula is C12H10F4N4O. The first-order valence-corrected chi connectivity index (χ1v) is 5.91. The SMILES string of the molecule is CCNC(=O)c1nnn(-c2ccc(F)cc2)c1C(F)(F)F. The number of carbonyl (C=O) groups is 1. The van der Waals surface area contributed by atoms with E-state index in [1.165, 1.54) is 0 Å². The van der Waals surface area contributed by atoms with Gasteiger partial charge in [0.2, 0.25) is 0 Å². The molecule has 0 atom stereocenters. The number of hydrogen-bond acceptors (Lipinski definition) is 3. The summed E-state index contributed by atoms with van der Waals surface area (Å²) in [5.41, 5.74) is -2.18. The zero-order valence-electron chi connectivity index (χ0n) is 10.8. The minimum absolute atomic E-state index is 0.0493. The molecule has 5 nitrogen and oxygen atoms in total. The van der Waals surface area contributed by atoms with E-state index in [1.807, 2.05) is 0 Å². The van der Waals surface area contributed by atoms with Crippen molar-refractivity contribution in [3.05, 3.63) is 41.5 Å². The molecule has 112 valence electrons. The van der Waals surface area contributed by atoms with Crippen LogP contribution in [0.15, 0.2) is 24.3 Å². The highest BCUT2D eigenvalue weighted by molar-refractivity contribution is 5.93. The molecule has 1 aromatic carbocycles. The van der Waals surface area contributed by atoms with Gasteiger partial charge >= 0.3 is 6.18 Å². The highest BCUT2D eigenvalue weighted by Crippen LogP contribution is 2.32. The summed E-state index contributed by atoms with van der Waals surface area (Å²) >= 11 is 0. The van der Waals surface area contributed by atoms with Crippen molar-refractivity contribution in [1.29, 1.82) is 0 Å². The Balaban J connectivity index is 2.57. The van der Waals surface area contributed by atoms with Gasteiger partial charge in [-0.15, -0.1) is 5.10 Å². The van der Waals surface area contributed by atoms with Crippen molar-refractivity contribution in [3.63, 3.8) is 0 Å². The normalized spacial score (nSPS) is 11.5. The summed E-state index contributed by atoms with van der Waals surface area (Å²) in [7, 11) is 0. The topological polar surface area (TPSA) is 59.8 Å². The van der Waals surface area contributed by atoms with Crippen molar-refractivity contribution >= 4 is 5.91 Å². The summed E-state index contributed by atoms with van der Waals surface area (Å²) in [6.45, 7) is 1.72. The summed E-state index contributed by atoms with van der Waals surface area (Å²) in [5, 5.41) is 8.87. The summed E-state index contributed by atoms with van der Waals surface area (Å²) < 4.78 is 52.8. The van der Waals surface area contributed by atoms with Crippen LogP contribution in [0.4, 0.5) is 17.6 Å². The predicted octanol–water partition coefficient (Wildman–Crippen LogP) is 2.17. The zero-order valence-corrected chi connectivity index (χ0v) is 10.8. The van der Waals surface area contributed by atoms with Gasteiger partial charge in [0.1, 0.15) is 5.82 Å². The number of rotatable bonds is 3. The number of nitrogens with zero attached hydrogens (tertiary/aromatic N) is 3. The number of carbonyl (C=O) groups excluding carboxylic acids is 1. The highest BCUT2D eigenvalue weighted by Gasteiger charge is 2.41. The summed E-state index contributed by atoms with van der Waals surface area (Å²) in [4.78, 5) is 11.6. The molecule has 0 saturated carbocycles. The lowest BCUT2D eigenvalue weighted by Crippen LogP contribution is -2.27. The molecule has 1 heterocycles. The molecule has 1 N–H and O–H groups in total. The average molecular weight is 302 g/mol. The Hall–Kier alpha value is -2.45. The quantitative estimate of drug-likeness (QED) is 0.884. The van der Waals surface area contributed by atoms with Crippen molar-refractivity contribution < 1.29 is 22.4 Å². The van der Waals surface area contributed by atoms with Gasteiger partial charge in [0.25, 0.3) is 5.91 Å². The van der Waals surface area contributed by atoms with E-state index in [4.69, 9.17) is 0 Å². The number of aromatic nitrogens is 3. The first-order chi connectivity index (χ1) is 9.84. The number of hydrogen-bond donors (Lipinski definition) is 1. The summed E-state index contributed by atoms with van der Waals surface area (Å²) in [6, 6.07) is 4.20. The number of benzene rings is 1. The Labute approximate surface area is 116 Å². The molecule has 0 spiro atoms. The van der Waals surface area contributed by atoms with E-state index >= 15 is 0 Å². The van der Waals surface area contributed by atoms with Crippen LogP contribution in [-0.2, 0) is 6.18 Å². The number of amides is 1. The molecule has 0 aliphatic carbocycles. The molecule has 0 radical (unpaired) electrons. The molecule has 0 aliphatic heterocycles. The molecule has 21 heavy (non-hydrogen) atoms. The third-order valence-corrected chi connectivity index (χ3v) is 2.56. The van der Waals surface area contributed by atoms with E-state index in [0.717, 1.165) is 24.3 Å². The van der Waals surface area contributed by atoms with Gasteiger partial charge in [-0.1, -0.05) is 5.21 Å². The smallest absolute Gasteiger partial charge is 0.351 e. The number of halogens is 4. The zero-order chi connectivity index (χ0) is 15.6. The van der Waals surface area contributed by atoms with Gasteiger partial charge in [-0.25, -0.2) is 9.07 Å². The van der Waals surface area contributed by atoms with Crippen LogP contribution >= 0.6 is 0 Å². The van der Waals surface area contributed by atoms with Gasteiger partial charge in [-0.3, -0.25) is 4.79 Å². The molecule has 0 unspecified atom stereocenters. The van der Waals surface area contributed by atoms with Gasteiger partial charge in [-0.2, -0.15) is 13.2 Å². The van der Waals surface area contributed by atoms with Gasteiger partial charge in [0.15, 0.2) is 11.4 Å². The first kappa shape index (κ1) is 14.9. The second-order valence-corrected chi connectivity index (χ2v) is 4.03. The maximum Gasteiger partial charge on any atom is 0.435 e. The number of nitrogens with one attached hydrogen (secondary N) is 1. The lowest BCUT2D eigenvalue weighted by atomic mass is 10.2. The van der Waals surface area contributed by atoms with E-state index in [-0.39, 0.29) is 12.2 Å². The van der Waals surface area contributed by atoms with E-state index in [1.54, 1.807) is 6.92 Å². The standard InChI is InChI=1S/C12H10F4N4O/c1-2-17-11(21)9-10(12(14,15)16)20(19-18-9)8-5-3-7(13)4-6-8/h3-6H,2H2,1H3,(H,17,21). The van der Waals surface area contributed by atoms with E-state index < -0.39 is 29.3 Å². The monoisotopic (exact) mass is 302 g/mol. The van der Waals surface area contributed by atoms with Crippen molar-refractivity contribution in [3.8, 4) is 5.69 Å². The molecule has 2 aromatic rings. The highest BCUT2D eigenvalue weighted by atomic mass is 19.4. The third kappa shape index (κ3) is 3.01. The molecule has 0 aliphatic rings. The predicted molar refractivity (Wildman–Crippen MR) is 64.3 cm³/mol. The van der Waals surface area contributed by atoms with Crippen LogP contribution in [0.3, 0.4) is 0 Å². The van der Waals surface area contributed by atoms with Crippen LogP contribution < -0.4 is 5.32 Å². The van der Waals surface area contributed by atoms with Gasteiger partial charge in [-0.05, 0) is 31.2 Å². The fraction of sp³-hybridized carbons (Fsp3) is 0.250. The third-order valence-electron chi connectivity index (χ3n) is 2.56. The Kier molecular flexibility index (Phi) is 3.92. The van der Waals surface area contributed by atoms with Crippen molar-refractivity contribution in [1.82, 2.24) is 20.3 Å². The molecule has 9 heteroatoms. The molecule has 0 bridgehead atoms. The number of alkyl halides is 3. The molecule has 2 rings (SSSR count). The fourth-order valence-electron chi connectivity index (χ4n) is 1.70. The second kappa shape index (κ2) is 5.51. The van der Waals surface area contributed by atoms with Crippen LogP contribution in [-0.4, -0.2) is 27.4 Å². The summed E-state index contributed by atoms with van der Waals surface area (Å²) in [5.74, 6) is -1.57. The van der Waals surface area contributed by atoms with Crippen LogP contribution in [0.1, 0.15) is 23.1 Å². The van der Waals surface area contributed by atoms with Crippen molar-refractivity contribution in [2.24, 2.45) is 0 Å². The largest absolute Gasteiger partial charge is 0.435 e. The first-order valence-electron chi connectivity index (χ1n) is 5.91. The van der Waals surface area contributed by atoms with Gasteiger partial charge in [0, 0.05) is 6.54 Å². The van der Waals surface area contributed by atoms with E-state index in [0.29, 0.717) is 4.68 Å². The van der Waals surface area contributed by atoms with Crippen molar-refractivity contribution in [2.45, 2.75) is 13.1 Å². The van der Waals surface area contributed by atoms with Gasteiger partial charge < -0.3 is 5.32 Å². The molecule has 0 saturated heterocycles. The molecule has 1 aromatic heterocycles. The van der Waals surface area contributed by atoms with Gasteiger partial charge in [0.05, 0.1) is 5.69 Å². The van der Waals surface area contributed by atoms with Crippen molar-refractivity contribution in [2.75, 3.05) is 6.54 Å². The Morgan fingerprint density at radius 2 is 1.90 bits per heavy atom. The Morgan fingerprint density at radius 1 is 1.29 bits per heavy atom. The minimum atomic E-state index is -4.84. The second-order valence-electron chi connectivity index (χ2n) is 4.03. The molecule has 0 fully saturated rings. The fourth-order valence-corrected chi connectivity index (χ4v) is 1.70. The lowest BCUT2D eigenvalue weighted by Gasteiger charge is -2.10. The van der Waals surface area contributed by atoms with Crippen LogP contribution in [0, 0.1) is 5.82 Å². The lowest BCUT2D eigenvalue weighted by molar-refractivity contribution is -0.143.